The van der Waals surface area contributed by atoms with Crippen LogP contribution in [0.1, 0.15) is 15.9 Å². The zero-order valence-corrected chi connectivity index (χ0v) is 16.4. The van der Waals surface area contributed by atoms with Crippen LogP contribution in [0.25, 0.3) is 10.2 Å². The molecule has 7 nitrogen and oxygen atoms in total. The Labute approximate surface area is 174 Å². The van der Waals surface area contributed by atoms with Crippen LogP contribution >= 0.6 is 11.3 Å². The highest BCUT2D eigenvalue weighted by Crippen LogP contribution is 2.35. The normalized spacial score (nSPS) is 12.3. The maximum Gasteiger partial charge on any atom is 0.268 e. The highest BCUT2D eigenvalue weighted by atomic mass is 32.1. The van der Waals surface area contributed by atoms with E-state index < -0.39 is 11.5 Å². The molecule has 0 bridgehead atoms. The summed E-state index contributed by atoms with van der Waals surface area (Å²) < 4.78 is 12.6. The zero-order chi connectivity index (χ0) is 20.7. The van der Waals surface area contributed by atoms with Crippen LogP contribution in [0.15, 0.2) is 64.8 Å². The van der Waals surface area contributed by atoms with Crippen molar-refractivity contribution in [2.75, 3.05) is 12.1 Å². The van der Waals surface area contributed by atoms with Crippen LogP contribution in [0.4, 0.5) is 5.69 Å². The van der Waals surface area contributed by atoms with E-state index in [1.165, 1.54) is 15.9 Å². The second-order valence-electron chi connectivity index (χ2n) is 6.76. The quantitative estimate of drug-likeness (QED) is 0.524. The van der Waals surface area contributed by atoms with Crippen LogP contribution in [0.3, 0.4) is 0 Å². The Balaban J connectivity index is 1.56. The summed E-state index contributed by atoms with van der Waals surface area (Å²) in [7, 11) is 0. The molecule has 8 heteroatoms. The number of hydrogen-bond acceptors (Lipinski definition) is 6. The molecule has 1 amide bonds. The Morgan fingerprint density at radius 1 is 1.10 bits per heavy atom. The molecule has 2 aromatic carbocycles. The number of carbonyl (C=O) groups excluding carboxylic acids is 1. The Morgan fingerprint density at radius 3 is 2.73 bits per heavy atom. The number of carbonyl (C=O) groups is 1. The fourth-order valence-corrected chi connectivity index (χ4v) is 4.29. The molecule has 4 aromatic rings. The van der Waals surface area contributed by atoms with Crippen LogP contribution < -0.4 is 20.3 Å². The van der Waals surface area contributed by atoms with E-state index >= 15 is 0 Å². The molecule has 3 heterocycles. The van der Waals surface area contributed by atoms with Gasteiger partial charge in [-0.2, -0.15) is 0 Å². The molecule has 0 fully saturated rings. The van der Waals surface area contributed by atoms with E-state index in [0.717, 1.165) is 5.56 Å². The number of thiophene rings is 1. The summed E-state index contributed by atoms with van der Waals surface area (Å²) in [6.07, 6.45) is 0. The van der Waals surface area contributed by atoms with E-state index in [0.29, 0.717) is 27.4 Å². The molecule has 0 atom stereocenters. The summed E-state index contributed by atoms with van der Waals surface area (Å²) >= 11 is 1.28. The number of fused-ring (bicyclic) bond motifs is 2. The molecule has 30 heavy (non-hydrogen) atoms. The van der Waals surface area contributed by atoms with Gasteiger partial charge in [0, 0.05) is 11.8 Å². The second kappa shape index (κ2) is 7.23. The first kappa shape index (κ1) is 18.3. The fraction of sp³-hybridized carbons (Fsp3) is 0.0909. The predicted octanol–water partition coefficient (Wildman–Crippen LogP) is 3.80. The minimum atomic E-state index is -0.687. The lowest BCUT2D eigenvalue weighted by Crippen LogP contribution is -2.29. The van der Waals surface area contributed by atoms with Crippen LogP contribution in [-0.2, 0) is 6.54 Å². The largest absolute Gasteiger partial charge is 0.505 e. The first-order valence-corrected chi connectivity index (χ1v) is 10.1. The minimum absolute atomic E-state index is 0.118. The van der Waals surface area contributed by atoms with E-state index in [2.05, 4.69) is 5.32 Å². The van der Waals surface area contributed by atoms with Crippen molar-refractivity contribution in [3.63, 3.8) is 0 Å². The molecule has 0 saturated carbocycles. The highest BCUT2D eigenvalue weighted by Gasteiger charge is 2.24. The molecular formula is C22H16N2O5S. The molecule has 0 radical (unpaired) electrons. The van der Waals surface area contributed by atoms with Gasteiger partial charge in [0.1, 0.15) is 5.56 Å². The second-order valence-corrected chi connectivity index (χ2v) is 7.67. The van der Waals surface area contributed by atoms with Gasteiger partial charge < -0.3 is 24.5 Å². The lowest BCUT2D eigenvalue weighted by atomic mass is 10.1. The average molecular weight is 420 g/mol. The van der Waals surface area contributed by atoms with Crippen LogP contribution in [0, 0.1) is 0 Å². The van der Waals surface area contributed by atoms with Gasteiger partial charge in [-0.1, -0.05) is 30.3 Å². The molecule has 0 spiro atoms. The van der Waals surface area contributed by atoms with Gasteiger partial charge in [-0.15, -0.1) is 11.3 Å². The molecule has 150 valence electrons. The van der Waals surface area contributed by atoms with E-state index in [1.807, 2.05) is 30.3 Å². The van der Waals surface area contributed by atoms with E-state index in [-0.39, 0.29) is 24.7 Å². The summed E-state index contributed by atoms with van der Waals surface area (Å²) in [5.41, 5.74) is 1.09. The summed E-state index contributed by atoms with van der Waals surface area (Å²) in [5, 5.41) is 15.2. The van der Waals surface area contributed by atoms with Crippen molar-refractivity contribution in [3.8, 4) is 17.2 Å². The summed E-state index contributed by atoms with van der Waals surface area (Å²) in [6, 6.07) is 16.2. The number of aromatic hydroxyl groups is 1. The minimum Gasteiger partial charge on any atom is -0.505 e. The number of pyridine rings is 1. The molecule has 2 aromatic heterocycles. The zero-order valence-electron chi connectivity index (χ0n) is 15.6. The van der Waals surface area contributed by atoms with Crippen LogP contribution in [-0.4, -0.2) is 22.4 Å². The first-order chi connectivity index (χ1) is 14.6. The van der Waals surface area contributed by atoms with Gasteiger partial charge in [0.2, 0.25) is 6.79 Å². The fourth-order valence-electron chi connectivity index (χ4n) is 3.45. The highest BCUT2D eigenvalue weighted by molar-refractivity contribution is 7.17. The van der Waals surface area contributed by atoms with Crippen molar-refractivity contribution in [3.05, 3.63) is 81.5 Å². The monoisotopic (exact) mass is 420 g/mol. The molecule has 5 rings (SSSR count). The summed E-state index contributed by atoms with van der Waals surface area (Å²) in [5.74, 6) is 0.0920. The topological polar surface area (TPSA) is 89.8 Å². The van der Waals surface area contributed by atoms with Gasteiger partial charge in [0.25, 0.3) is 11.5 Å². The molecular weight excluding hydrogens is 404 g/mol. The van der Waals surface area contributed by atoms with Gasteiger partial charge in [0.15, 0.2) is 17.2 Å². The number of nitrogens with one attached hydrogen (secondary N) is 1. The number of ether oxygens (including phenoxy) is 2. The maximum atomic E-state index is 13.2. The number of aromatic nitrogens is 1. The van der Waals surface area contributed by atoms with E-state index in [9.17, 15) is 14.7 Å². The maximum absolute atomic E-state index is 13.2. The molecule has 1 aliphatic heterocycles. The standard InChI is InChI=1S/C22H16N2O5S/c25-19-18(21(26)23-14-6-7-16-17(10-14)29-12-28-16)22(27)24(15-8-9-30-20(15)19)11-13-4-2-1-3-5-13/h1-10,25H,11-12H2,(H,23,26). The summed E-state index contributed by atoms with van der Waals surface area (Å²) in [4.78, 5) is 26.2. The number of amides is 1. The molecule has 0 aliphatic carbocycles. The van der Waals surface area contributed by atoms with Gasteiger partial charge in [-0.3, -0.25) is 9.59 Å². The first-order valence-electron chi connectivity index (χ1n) is 9.20. The van der Waals surface area contributed by atoms with Crippen molar-refractivity contribution in [1.29, 1.82) is 0 Å². The van der Waals surface area contributed by atoms with Crippen LogP contribution in [0.5, 0.6) is 17.2 Å². The Morgan fingerprint density at radius 2 is 1.90 bits per heavy atom. The smallest absolute Gasteiger partial charge is 0.268 e. The number of anilines is 1. The van der Waals surface area contributed by atoms with E-state index in [4.69, 9.17) is 9.47 Å². The molecule has 0 unspecified atom stereocenters. The third-order valence-corrected chi connectivity index (χ3v) is 5.80. The Kier molecular flexibility index (Phi) is 4.40. The number of nitrogens with zero attached hydrogens (tertiary/aromatic N) is 1. The lowest BCUT2D eigenvalue weighted by Gasteiger charge is -2.13. The SMILES string of the molecule is O=C(Nc1ccc2c(c1)OCO2)c1c(O)c2sccc2n(Cc2ccccc2)c1=O. The van der Waals surface area contributed by atoms with Crippen molar-refractivity contribution in [1.82, 2.24) is 4.57 Å². The average Bonchev–Trinajstić information content (AvgIpc) is 3.41. The van der Waals surface area contributed by atoms with E-state index in [1.54, 1.807) is 29.6 Å². The van der Waals surface area contributed by atoms with Gasteiger partial charge in [0.05, 0.1) is 16.8 Å². The van der Waals surface area contributed by atoms with Crippen LogP contribution in [0.2, 0.25) is 0 Å². The predicted molar refractivity (Wildman–Crippen MR) is 114 cm³/mol. The van der Waals surface area contributed by atoms with Gasteiger partial charge >= 0.3 is 0 Å². The third-order valence-electron chi connectivity index (χ3n) is 4.89. The third kappa shape index (κ3) is 3.07. The molecule has 0 saturated heterocycles. The van der Waals surface area contributed by atoms with Crippen molar-refractivity contribution >= 4 is 33.1 Å². The Hall–Kier alpha value is -3.78. The van der Waals surface area contributed by atoms with Gasteiger partial charge in [-0.25, -0.2) is 0 Å². The van der Waals surface area contributed by atoms with Crippen molar-refractivity contribution in [2.45, 2.75) is 6.54 Å². The number of benzene rings is 2. The Bertz CT molecular complexity index is 1330. The van der Waals surface area contributed by atoms with Gasteiger partial charge in [-0.05, 0) is 29.1 Å². The molecule has 2 N–H and O–H groups in total. The van der Waals surface area contributed by atoms with Crippen molar-refractivity contribution in [2.24, 2.45) is 0 Å². The number of rotatable bonds is 4. The van der Waals surface area contributed by atoms with Crippen molar-refractivity contribution < 1.29 is 19.4 Å². The molecule has 1 aliphatic rings. The number of hydrogen-bond donors (Lipinski definition) is 2. The lowest BCUT2D eigenvalue weighted by molar-refractivity contribution is 0.102. The summed E-state index contributed by atoms with van der Waals surface area (Å²) in [6.45, 7) is 0.407.